The summed E-state index contributed by atoms with van der Waals surface area (Å²) in [7, 11) is 0. The Morgan fingerprint density at radius 2 is 1.97 bits per heavy atom. The van der Waals surface area contributed by atoms with Crippen molar-refractivity contribution in [2.45, 2.75) is 51.5 Å². The van der Waals surface area contributed by atoms with E-state index in [9.17, 15) is 22.8 Å². The quantitative estimate of drug-likeness (QED) is 0.647. The minimum Gasteiger partial charge on any atom is -0.325 e. The highest BCUT2D eigenvalue weighted by Crippen LogP contribution is 2.35. The molecule has 1 aliphatic heterocycles. The van der Waals surface area contributed by atoms with Gasteiger partial charge in [-0.05, 0) is 43.4 Å². The summed E-state index contributed by atoms with van der Waals surface area (Å²) in [6, 6.07) is 4.70. The zero-order valence-electron chi connectivity index (χ0n) is 17.3. The molecule has 0 aromatic heterocycles. The van der Waals surface area contributed by atoms with Gasteiger partial charge in [0.2, 0.25) is 11.8 Å². The molecule has 1 aliphatic carbocycles. The van der Waals surface area contributed by atoms with Crippen LogP contribution in [-0.2, 0) is 15.8 Å². The molecule has 1 aromatic carbocycles. The standard InChI is InChI=1S/C21H23F3N4O2S/c1-12-8-13(11-20(2,3)10-12)27-28-19-26-18(30)16(31-19)9-17(29)25-15-7-5-4-6-14(15)21(22,23)24/h4-8,16H,9-11H2,1-3H3,(H,25,29)(H,26,28,30). The van der Waals surface area contributed by atoms with Crippen molar-refractivity contribution in [1.29, 1.82) is 0 Å². The number of carbonyl (C=O) groups is 2. The van der Waals surface area contributed by atoms with Gasteiger partial charge in [-0.3, -0.25) is 9.59 Å². The summed E-state index contributed by atoms with van der Waals surface area (Å²) in [5.41, 5.74) is 0.805. The second-order valence-electron chi connectivity index (χ2n) is 8.40. The van der Waals surface area contributed by atoms with Crippen LogP contribution in [0.1, 0.15) is 45.6 Å². The number of hydrogen-bond acceptors (Lipinski definition) is 5. The Balaban J connectivity index is 1.64. The SMILES string of the molecule is CC1=CC(=NN=C2NC(=O)C(CC(=O)Nc3ccccc3C(F)(F)F)S2)CC(C)(C)C1. The van der Waals surface area contributed by atoms with Crippen molar-refractivity contribution >= 4 is 40.1 Å². The fourth-order valence-corrected chi connectivity index (χ4v) is 4.58. The second kappa shape index (κ2) is 8.86. The Morgan fingerprint density at radius 3 is 2.65 bits per heavy atom. The van der Waals surface area contributed by atoms with Crippen molar-refractivity contribution in [3.8, 4) is 0 Å². The molecule has 166 valence electrons. The van der Waals surface area contributed by atoms with Gasteiger partial charge in [-0.15, -0.1) is 5.10 Å². The van der Waals surface area contributed by atoms with E-state index in [1.807, 2.05) is 13.0 Å². The highest BCUT2D eigenvalue weighted by molar-refractivity contribution is 8.15. The Hall–Kier alpha value is -2.62. The minimum absolute atomic E-state index is 0.0806. The molecule has 3 rings (SSSR count). The number of para-hydroxylation sites is 1. The Kier molecular flexibility index (Phi) is 6.59. The maximum Gasteiger partial charge on any atom is 0.418 e. The number of carbonyl (C=O) groups excluding carboxylic acids is 2. The highest BCUT2D eigenvalue weighted by atomic mass is 32.2. The number of rotatable bonds is 4. The second-order valence-corrected chi connectivity index (χ2v) is 9.59. The number of amidine groups is 1. The monoisotopic (exact) mass is 452 g/mol. The van der Waals surface area contributed by atoms with Crippen molar-refractivity contribution in [1.82, 2.24) is 5.32 Å². The average molecular weight is 453 g/mol. The molecule has 0 spiro atoms. The molecule has 1 aromatic rings. The molecule has 1 saturated heterocycles. The van der Waals surface area contributed by atoms with E-state index in [0.717, 1.165) is 36.4 Å². The summed E-state index contributed by atoms with van der Waals surface area (Å²) < 4.78 is 39.2. The van der Waals surface area contributed by atoms with Crippen LogP contribution >= 0.6 is 11.8 Å². The third-order valence-corrected chi connectivity index (χ3v) is 5.83. The van der Waals surface area contributed by atoms with Gasteiger partial charge in [0.05, 0.1) is 17.0 Å². The molecular formula is C21H23F3N4O2S. The normalized spacial score (nSPS) is 23.6. The van der Waals surface area contributed by atoms with E-state index in [4.69, 9.17) is 0 Å². The first-order valence-electron chi connectivity index (χ1n) is 9.68. The summed E-state index contributed by atoms with van der Waals surface area (Å²) >= 11 is 1.04. The summed E-state index contributed by atoms with van der Waals surface area (Å²) in [5, 5.41) is 12.6. The first kappa shape index (κ1) is 23.1. The van der Waals surface area contributed by atoms with Crippen LogP contribution in [0.2, 0.25) is 0 Å². The number of nitrogens with one attached hydrogen (secondary N) is 2. The zero-order valence-corrected chi connectivity index (χ0v) is 18.2. The number of hydrogen-bond donors (Lipinski definition) is 2. The third kappa shape index (κ3) is 6.19. The molecule has 1 heterocycles. The van der Waals surface area contributed by atoms with Crippen LogP contribution in [0.25, 0.3) is 0 Å². The Morgan fingerprint density at radius 1 is 1.26 bits per heavy atom. The number of anilines is 1. The molecule has 2 aliphatic rings. The average Bonchev–Trinajstić information content (AvgIpc) is 2.97. The van der Waals surface area contributed by atoms with E-state index in [-0.39, 0.29) is 22.7 Å². The number of nitrogens with zero attached hydrogens (tertiary/aromatic N) is 2. The molecule has 2 amide bonds. The van der Waals surface area contributed by atoms with Crippen molar-refractivity contribution < 1.29 is 22.8 Å². The maximum atomic E-state index is 13.1. The topological polar surface area (TPSA) is 82.9 Å². The van der Waals surface area contributed by atoms with E-state index in [1.165, 1.54) is 23.8 Å². The number of allylic oxidation sites excluding steroid dienone is 2. The van der Waals surface area contributed by atoms with Crippen LogP contribution in [0.4, 0.5) is 18.9 Å². The third-order valence-electron chi connectivity index (χ3n) is 4.75. The number of amides is 2. The fraction of sp³-hybridized carbons (Fsp3) is 0.429. The van der Waals surface area contributed by atoms with Crippen LogP contribution in [0, 0.1) is 5.41 Å². The van der Waals surface area contributed by atoms with Crippen LogP contribution in [0.3, 0.4) is 0 Å². The summed E-state index contributed by atoms with van der Waals surface area (Å²) in [6.07, 6.45) is -1.18. The van der Waals surface area contributed by atoms with E-state index < -0.39 is 28.8 Å². The van der Waals surface area contributed by atoms with Crippen LogP contribution < -0.4 is 10.6 Å². The molecule has 1 fully saturated rings. The number of alkyl halides is 3. The van der Waals surface area contributed by atoms with E-state index in [0.29, 0.717) is 0 Å². The van der Waals surface area contributed by atoms with Crippen molar-refractivity contribution in [2.24, 2.45) is 15.6 Å². The lowest BCUT2D eigenvalue weighted by atomic mass is 9.77. The Bertz CT molecular complexity index is 983. The van der Waals surface area contributed by atoms with Gasteiger partial charge >= 0.3 is 6.18 Å². The molecule has 2 N–H and O–H groups in total. The van der Waals surface area contributed by atoms with Gasteiger partial charge in [-0.25, -0.2) is 0 Å². The maximum absolute atomic E-state index is 13.1. The smallest absolute Gasteiger partial charge is 0.325 e. The van der Waals surface area contributed by atoms with Crippen LogP contribution in [-0.4, -0.2) is 27.9 Å². The lowest BCUT2D eigenvalue weighted by molar-refractivity contribution is -0.137. The van der Waals surface area contributed by atoms with E-state index in [1.54, 1.807) is 0 Å². The van der Waals surface area contributed by atoms with Gasteiger partial charge < -0.3 is 10.6 Å². The van der Waals surface area contributed by atoms with Gasteiger partial charge in [-0.2, -0.15) is 18.3 Å². The largest absolute Gasteiger partial charge is 0.418 e. The van der Waals surface area contributed by atoms with Crippen molar-refractivity contribution in [3.05, 3.63) is 41.5 Å². The minimum atomic E-state index is -4.59. The van der Waals surface area contributed by atoms with Gasteiger partial charge in [0.1, 0.15) is 5.25 Å². The number of benzene rings is 1. The van der Waals surface area contributed by atoms with Crippen LogP contribution in [0.5, 0.6) is 0 Å². The van der Waals surface area contributed by atoms with E-state index >= 15 is 0 Å². The van der Waals surface area contributed by atoms with Gasteiger partial charge in [-0.1, -0.05) is 43.3 Å². The highest BCUT2D eigenvalue weighted by Gasteiger charge is 2.35. The number of halogens is 3. The molecule has 10 heteroatoms. The van der Waals surface area contributed by atoms with Crippen molar-refractivity contribution in [2.75, 3.05) is 5.32 Å². The molecule has 1 unspecified atom stereocenters. The molecule has 0 saturated carbocycles. The lowest BCUT2D eigenvalue weighted by Gasteiger charge is -2.28. The lowest BCUT2D eigenvalue weighted by Crippen LogP contribution is -2.28. The predicted molar refractivity (Wildman–Crippen MR) is 116 cm³/mol. The molecule has 31 heavy (non-hydrogen) atoms. The number of thioether (sulfide) groups is 1. The van der Waals surface area contributed by atoms with Gasteiger partial charge in [0, 0.05) is 6.42 Å². The van der Waals surface area contributed by atoms with E-state index in [2.05, 4.69) is 34.7 Å². The van der Waals surface area contributed by atoms with Crippen molar-refractivity contribution in [3.63, 3.8) is 0 Å². The molecular weight excluding hydrogens is 429 g/mol. The fourth-order valence-electron chi connectivity index (χ4n) is 3.66. The van der Waals surface area contributed by atoms with Crippen LogP contribution in [0.15, 0.2) is 46.1 Å². The predicted octanol–water partition coefficient (Wildman–Crippen LogP) is 4.74. The zero-order chi connectivity index (χ0) is 22.8. The molecule has 0 bridgehead atoms. The first-order valence-corrected chi connectivity index (χ1v) is 10.6. The Labute approximate surface area is 182 Å². The summed E-state index contributed by atoms with van der Waals surface area (Å²) in [4.78, 5) is 24.4. The van der Waals surface area contributed by atoms with Gasteiger partial charge in [0.25, 0.3) is 0 Å². The molecule has 6 nitrogen and oxygen atoms in total. The molecule has 1 atom stereocenters. The summed E-state index contributed by atoms with van der Waals surface area (Å²) in [6.45, 7) is 6.31. The molecule has 0 radical (unpaired) electrons. The first-order chi connectivity index (χ1) is 14.4. The summed E-state index contributed by atoms with van der Waals surface area (Å²) in [5.74, 6) is -1.12. The van der Waals surface area contributed by atoms with Gasteiger partial charge in [0.15, 0.2) is 5.17 Å².